The van der Waals surface area contributed by atoms with Crippen LogP contribution in [0.2, 0.25) is 0 Å². The standard InChI is InChI=1S/C11H8BFOS/c1-6-2-8-10(3-9(6)13)15-5-7(4-12)11(8)14/h2-4H,5H2,1H3/b7-4+. The molecule has 0 N–H and O–H groups in total. The number of rotatable bonds is 0. The van der Waals surface area contributed by atoms with Crippen molar-refractivity contribution >= 4 is 25.4 Å². The summed E-state index contributed by atoms with van der Waals surface area (Å²) in [7, 11) is 5.35. The summed E-state index contributed by atoms with van der Waals surface area (Å²) in [5, 5.41) is 0. The van der Waals surface area contributed by atoms with Gasteiger partial charge in [-0.15, -0.1) is 17.7 Å². The van der Waals surface area contributed by atoms with Gasteiger partial charge in [-0.05, 0) is 30.2 Å². The molecule has 1 aliphatic rings. The highest BCUT2D eigenvalue weighted by Gasteiger charge is 2.22. The predicted octanol–water partition coefficient (Wildman–Crippen LogP) is 2.47. The third kappa shape index (κ3) is 1.74. The van der Waals surface area contributed by atoms with Gasteiger partial charge in [-0.1, -0.05) is 0 Å². The highest BCUT2D eigenvalue weighted by Crippen LogP contribution is 2.33. The summed E-state index contributed by atoms with van der Waals surface area (Å²) in [6, 6.07) is 3.00. The van der Waals surface area contributed by atoms with Gasteiger partial charge < -0.3 is 0 Å². The molecule has 1 aromatic carbocycles. The summed E-state index contributed by atoms with van der Waals surface area (Å²) in [4.78, 5) is 12.5. The first-order chi connectivity index (χ1) is 7.13. The molecule has 0 fully saturated rings. The summed E-state index contributed by atoms with van der Waals surface area (Å²) < 4.78 is 13.2. The van der Waals surface area contributed by atoms with Gasteiger partial charge in [0.1, 0.15) is 13.7 Å². The Labute approximate surface area is 93.2 Å². The first-order valence-corrected chi connectivity index (χ1v) is 5.50. The summed E-state index contributed by atoms with van der Waals surface area (Å²) >= 11 is 1.44. The van der Waals surface area contributed by atoms with E-state index in [9.17, 15) is 9.18 Å². The van der Waals surface area contributed by atoms with Gasteiger partial charge in [0.2, 0.25) is 0 Å². The normalized spacial score (nSPS) is 18.0. The third-order valence-corrected chi connectivity index (χ3v) is 3.49. The van der Waals surface area contributed by atoms with E-state index in [1.165, 1.54) is 23.8 Å². The second kappa shape index (κ2) is 3.85. The van der Waals surface area contributed by atoms with E-state index in [1.807, 2.05) is 0 Å². The Hall–Kier alpha value is -1.03. The molecule has 1 heterocycles. The van der Waals surface area contributed by atoms with Crippen LogP contribution >= 0.6 is 11.8 Å². The van der Waals surface area contributed by atoms with E-state index in [-0.39, 0.29) is 11.6 Å². The first kappa shape index (κ1) is 10.5. The number of thioether (sulfide) groups is 1. The monoisotopic (exact) mass is 218 g/mol. The molecule has 0 atom stereocenters. The number of halogens is 1. The van der Waals surface area contributed by atoms with Crippen LogP contribution in [0.5, 0.6) is 0 Å². The van der Waals surface area contributed by atoms with Crippen LogP contribution in [0.15, 0.2) is 28.6 Å². The topological polar surface area (TPSA) is 17.1 Å². The molecular formula is C11H8BFOS. The molecule has 1 nitrogen and oxygen atoms in total. The molecule has 15 heavy (non-hydrogen) atoms. The minimum absolute atomic E-state index is 0.0886. The third-order valence-electron chi connectivity index (χ3n) is 2.38. The zero-order valence-electron chi connectivity index (χ0n) is 8.21. The fourth-order valence-electron chi connectivity index (χ4n) is 1.48. The van der Waals surface area contributed by atoms with Gasteiger partial charge in [-0.25, -0.2) is 4.39 Å². The predicted molar refractivity (Wildman–Crippen MR) is 60.0 cm³/mol. The average Bonchev–Trinajstić information content (AvgIpc) is 2.22. The molecule has 0 saturated heterocycles. The summed E-state index contributed by atoms with van der Waals surface area (Å²) in [5.41, 5.74) is 1.63. The number of carbonyl (C=O) groups is 1. The average molecular weight is 218 g/mol. The maximum atomic E-state index is 13.2. The molecule has 0 spiro atoms. The molecule has 4 heteroatoms. The van der Waals surface area contributed by atoms with Crippen molar-refractivity contribution in [1.29, 1.82) is 0 Å². The van der Waals surface area contributed by atoms with Crippen molar-refractivity contribution in [3.8, 4) is 0 Å². The Balaban J connectivity index is 2.57. The number of Topliss-reactive ketones (excluding diaryl/α,β-unsaturated/α-hetero) is 1. The molecule has 1 aliphatic heterocycles. The van der Waals surface area contributed by atoms with Gasteiger partial charge in [0.15, 0.2) is 5.78 Å². The lowest BCUT2D eigenvalue weighted by atomic mass is 9.96. The van der Waals surface area contributed by atoms with Gasteiger partial charge in [-0.2, -0.15) is 0 Å². The van der Waals surface area contributed by atoms with E-state index in [2.05, 4.69) is 0 Å². The minimum Gasteiger partial charge on any atom is -0.289 e. The molecule has 0 amide bonds. The van der Waals surface area contributed by atoms with Crippen molar-refractivity contribution in [2.45, 2.75) is 11.8 Å². The zero-order valence-corrected chi connectivity index (χ0v) is 9.03. The molecule has 0 aromatic heterocycles. The van der Waals surface area contributed by atoms with E-state index >= 15 is 0 Å². The molecule has 0 bridgehead atoms. The number of fused-ring (bicyclic) bond motifs is 1. The molecular weight excluding hydrogens is 210 g/mol. The van der Waals surface area contributed by atoms with E-state index < -0.39 is 0 Å². The lowest BCUT2D eigenvalue weighted by Gasteiger charge is -2.17. The first-order valence-electron chi connectivity index (χ1n) is 4.52. The fourth-order valence-corrected chi connectivity index (χ4v) is 2.51. The van der Waals surface area contributed by atoms with Gasteiger partial charge in [0, 0.05) is 16.2 Å². The van der Waals surface area contributed by atoms with Crippen molar-refractivity contribution in [1.82, 2.24) is 0 Å². The zero-order chi connectivity index (χ0) is 11.0. The van der Waals surface area contributed by atoms with E-state index in [0.29, 0.717) is 27.3 Å². The van der Waals surface area contributed by atoms with Crippen LogP contribution in [-0.4, -0.2) is 19.4 Å². The van der Waals surface area contributed by atoms with Crippen LogP contribution in [0.4, 0.5) is 4.39 Å². The maximum absolute atomic E-state index is 13.2. The Kier molecular flexibility index (Phi) is 2.69. The van der Waals surface area contributed by atoms with Crippen molar-refractivity contribution in [2.75, 3.05) is 5.75 Å². The summed E-state index contributed by atoms with van der Waals surface area (Å²) in [6.45, 7) is 1.65. The molecule has 0 unspecified atom stereocenters. The molecule has 0 aliphatic carbocycles. The molecule has 2 rings (SSSR count). The van der Waals surface area contributed by atoms with Crippen LogP contribution in [-0.2, 0) is 0 Å². The van der Waals surface area contributed by atoms with E-state index in [1.54, 1.807) is 13.0 Å². The second-order valence-electron chi connectivity index (χ2n) is 3.41. The molecule has 74 valence electrons. The smallest absolute Gasteiger partial charge is 0.189 e. The lowest BCUT2D eigenvalue weighted by Crippen LogP contribution is -2.13. The van der Waals surface area contributed by atoms with Gasteiger partial charge >= 0.3 is 0 Å². The van der Waals surface area contributed by atoms with Crippen molar-refractivity contribution in [3.05, 3.63) is 40.6 Å². The Morgan fingerprint density at radius 3 is 2.93 bits per heavy atom. The van der Waals surface area contributed by atoms with Crippen LogP contribution in [0.25, 0.3) is 0 Å². The fraction of sp³-hybridized carbons (Fsp3) is 0.182. The van der Waals surface area contributed by atoms with Gasteiger partial charge in [0.25, 0.3) is 0 Å². The Morgan fingerprint density at radius 1 is 1.53 bits per heavy atom. The number of carbonyl (C=O) groups excluding carboxylic acids is 1. The number of aryl methyl sites for hydroxylation is 1. The maximum Gasteiger partial charge on any atom is 0.189 e. The molecule has 0 saturated carbocycles. The van der Waals surface area contributed by atoms with Crippen LogP contribution in [0.1, 0.15) is 15.9 Å². The van der Waals surface area contributed by atoms with Crippen molar-refractivity contribution in [2.24, 2.45) is 0 Å². The number of benzene rings is 1. The van der Waals surface area contributed by atoms with E-state index in [0.717, 1.165) is 0 Å². The largest absolute Gasteiger partial charge is 0.289 e. The summed E-state index contributed by atoms with van der Waals surface area (Å²) in [5.74, 6) is 1.49. The highest BCUT2D eigenvalue weighted by molar-refractivity contribution is 7.99. The number of hydrogen-bond acceptors (Lipinski definition) is 2. The van der Waals surface area contributed by atoms with Crippen molar-refractivity contribution in [3.63, 3.8) is 0 Å². The second-order valence-corrected chi connectivity index (χ2v) is 4.42. The van der Waals surface area contributed by atoms with Crippen LogP contribution in [0.3, 0.4) is 0 Å². The van der Waals surface area contributed by atoms with Gasteiger partial charge in [0.05, 0.1) is 0 Å². The minimum atomic E-state index is -0.269. The lowest BCUT2D eigenvalue weighted by molar-refractivity contribution is 0.103. The Bertz CT molecular complexity index is 468. The Morgan fingerprint density at radius 2 is 2.27 bits per heavy atom. The van der Waals surface area contributed by atoms with Gasteiger partial charge in [-0.3, -0.25) is 4.79 Å². The van der Waals surface area contributed by atoms with Crippen LogP contribution in [0, 0.1) is 12.7 Å². The SMILES string of the molecule is [B]/C=C1\CSc2cc(F)c(C)cc2C1=O. The molecule has 2 radical (unpaired) electrons. The number of ketones is 1. The molecule has 1 aromatic rings. The quantitative estimate of drug-likeness (QED) is 0.491. The number of hydrogen-bond donors (Lipinski definition) is 0. The highest BCUT2D eigenvalue weighted by atomic mass is 32.2. The van der Waals surface area contributed by atoms with Crippen LogP contribution < -0.4 is 0 Å². The van der Waals surface area contributed by atoms with Crippen molar-refractivity contribution < 1.29 is 9.18 Å². The van der Waals surface area contributed by atoms with E-state index in [4.69, 9.17) is 7.85 Å². The summed E-state index contributed by atoms with van der Waals surface area (Å²) in [6.07, 6.45) is 0.